The lowest BCUT2D eigenvalue weighted by Gasteiger charge is -2.23. The molecule has 1 aliphatic rings. The third-order valence-electron chi connectivity index (χ3n) is 6.93. The van der Waals surface area contributed by atoms with Crippen molar-refractivity contribution >= 4 is 73.2 Å². The lowest BCUT2D eigenvalue weighted by atomic mass is 9.95. The number of carbonyl (C=O) groups is 2. The molecule has 1 N–H and O–H groups in total. The molecule has 1 atom stereocenters. The average molecular weight is 715 g/mol. The van der Waals surface area contributed by atoms with Gasteiger partial charge in [-0.2, -0.15) is 0 Å². The van der Waals surface area contributed by atoms with Crippen LogP contribution in [0.4, 0.5) is 5.13 Å². The Morgan fingerprint density at radius 2 is 1.84 bits per heavy atom. The number of hydrogen-bond acceptors (Lipinski definition) is 9. The van der Waals surface area contributed by atoms with Crippen LogP contribution >= 0.6 is 50.6 Å². The number of thioether (sulfide) groups is 1. The van der Waals surface area contributed by atoms with Gasteiger partial charge in [-0.3, -0.25) is 14.5 Å². The van der Waals surface area contributed by atoms with Crippen LogP contribution in [0.3, 0.4) is 0 Å². The van der Waals surface area contributed by atoms with Gasteiger partial charge in [0.15, 0.2) is 15.8 Å². The third-order valence-corrected chi connectivity index (χ3v) is 9.93. The number of aliphatic hydroxyl groups excluding tert-OH is 1. The fourth-order valence-electron chi connectivity index (χ4n) is 4.60. The van der Waals surface area contributed by atoms with Gasteiger partial charge in [-0.05, 0) is 53.8 Å². The summed E-state index contributed by atoms with van der Waals surface area (Å²) >= 11 is 12.3. The van der Waals surface area contributed by atoms with Gasteiger partial charge in [0.05, 0.1) is 25.3 Å². The second-order valence-electron chi connectivity index (χ2n) is 10.3. The molecular formula is C32H29BrClN3O5S2. The minimum atomic E-state index is -0.994. The number of nitrogens with zero attached hydrogens (tertiary/aromatic N) is 3. The van der Waals surface area contributed by atoms with Crippen LogP contribution in [0.5, 0.6) is 11.5 Å². The molecule has 5 rings (SSSR count). The van der Waals surface area contributed by atoms with Gasteiger partial charge in [-0.15, -0.1) is 10.2 Å². The lowest BCUT2D eigenvalue weighted by Crippen LogP contribution is -2.29. The van der Waals surface area contributed by atoms with Crippen LogP contribution in [0.1, 0.15) is 43.0 Å². The molecule has 0 aliphatic carbocycles. The Morgan fingerprint density at radius 1 is 1.09 bits per heavy atom. The van der Waals surface area contributed by atoms with E-state index in [1.807, 2.05) is 24.3 Å². The van der Waals surface area contributed by atoms with Crippen LogP contribution in [-0.4, -0.2) is 40.7 Å². The molecule has 12 heteroatoms. The first-order chi connectivity index (χ1) is 21.2. The molecule has 228 valence electrons. The van der Waals surface area contributed by atoms with E-state index >= 15 is 0 Å². The Kier molecular flexibility index (Phi) is 10.3. The van der Waals surface area contributed by atoms with E-state index < -0.39 is 17.7 Å². The van der Waals surface area contributed by atoms with Crippen molar-refractivity contribution in [2.24, 2.45) is 5.92 Å². The molecule has 1 saturated heterocycles. The Morgan fingerprint density at radius 3 is 2.55 bits per heavy atom. The zero-order valence-corrected chi connectivity index (χ0v) is 28.1. The SMILES string of the molecule is COc1cc(C2/C(=C(/O)c3ccc(Br)cc3)C(=O)C(=O)N2c2nnc(SCc3ccccc3Cl)s2)ccc1OCCC(C)C. The van der Waals surface area contributed by atoms with Crippen molar-refractivity contribution in [3.63, 3.8) is 0 Å². The van der Waals surface area contributed by atoms with Crippen molar-refractivity contribution in [2.75, 3.05) is 18.6 Å². The number of rotatable bonds is 11. The number of aromatic nitrogens is 2. The first-order valence-electron chi connectivity index (χ1n) is 13.7. The highest BCUT2D eigenvalue weighted by Gasteiger charge is 2.48. The monoisotopic (exact) mass is 713 g/mol. The topological polar surface area (TPSA) is 102 Å². The summed E-state index contributed by atoms with van der Waals surface area (Å²) in [6.45, 7) is 4.74. The van der Waals surface area contributed by atoms with E-state index in [2.05, 4.69) is 40.0 Å². The minimum Gasteiger partial charge on any atom is -0.507 e. The van der Waals surface area contributed by atoms with Crippen molar-refractivity contribution in [3.05, 3.63) is 98.5 Å². The van der Waals surface area contributed by atoms with E-state index in [0.717, 1.165) is 16.5 Å². The maximum atomic E-state index is 13.6. The summed E-state index contributed by atoms with van der Waals surface area (Å²) in [6, 6.07) is 18.6. The number of ether oxygens (including phenoxy) is 2. The van der Waals surface area contributed by atoms with E-state index in [1.54, 1.807) is 42.5 Å². The molecule has 0 radical (unpaired) electrons. The largest absolute Gasteiger partial charge is 0.507 e. The van der Waals surface area contributed by atoms with Gasteiger partial charge in [0.25, 0.3) is 5.78 Å². The first-order valence-corrected chi connectivity index (χ1v) is 16.7. The highest BCUT2D eigenvalue weighted by Crippen LogP contribution is 2.46. The molecule has 0 saturated carbocycles. The summed E-state index contributed by atoms with van der Waals surface area (Å²) in [6.07, 6.45) is 0.867. The molecule has 1 aromatic heterocycles. The second-order valence-corrected chi connectivity index (χ2v) is 13.8. The van der Waals surface area contributed by atoms with Crippen LogP contribution in [0, 0.1) is 5.92 Å². The van der Waals surface area contributed by atoms with Crippen LogP contribution < -0.4 is 14.4 Å². The van der Waals surface area contributed by atoms with E-state index in [0.29, 0.717) is 50.3 Å². The van der Waals surface area contributed by atoms with Gasteiger partial charge in [0.2, 0.25) is 5.13 Å². The third kappa shape index (κ3) is 6.96. The fraction of sp³-hybridized carbons (Fsp3) is 0.250. The predicted octanol–water partition coefficient (Wildman–Crippen LogP) is 8.31. The average Bonchev–Trinajstić information content (AvgIpc) is 3.58. The minimum absolute atomic E-state index is 0.0617. The van der Waals surface area contributed by atoms with Crippen molar-refractivity contribution in [1.29, 1.82) is 0 Å². The molecule has 1 fully saturated rings. The number of aliphatic hydroxyl groups is 1. The van der Waals surface area contributed by atoms with Gasteiger partial charge >= 0.3 is 5.91 Å². The number of hydrogen-bond donors (Lipinski definition) is 1. The van der Waals surface area contributed by atoms with Crippen molar-refractivity contribution in [3.8, 4) is 11.5 Å². The Bertz CT molecular complexity index is 1710. The van der Waals surface area contributed by atoms with E-state index in [-0.39, 0.29) is 16.5 Å². The molecule has 1 aliphatic heterocycles. The Hall–Kier alpha value is -3.38. The molecule has 8 nitrogen and oxygen atoms in total. The zero-order chi connectivity index (χ0) is 31.4. The van der Waals surface area contributed by atoms with E-state index in [1.165, 1.54) is 35.1 Å². The van der Waals surface area contributed by atoms with Crippen LogP contribution in [-0.2, 0) is 15.3 Å². The molecule has 1 unspecified atom stereocenters. The molecule has 1 amide bonds. The summed E-state index contributed by atoms with van der Waals surface area (Å²) in [5, 5.41) is 20.9. The normalized spacial score (nSPS) is 16.1. The maximum Gasteiger partial charge on any atom is 0.301 e. The Balaban J connectivity index is 1.55. The van der Waals surface area contributed by atoms with Gasteiger partial charge in [0, 0.05) is 20.8 Å². The van der Waals surface area contributed by atoms with Gasteiger partial charge in [-0.1, -0.05) is 101 Å². The smallest absolute Gasteiger partial charge is 0.301 e. The summed E-state index contributed by atoms with van der Waals surface area (Å²) in [7, 11) is 1.53. The van der Waals surface area contributed by atoms with Gasteiger partial charge < -0.3 is 14.6 Å². The summed E-state index contributed by atoms with van der Waals surface area (Å²) in [5.74, 6) is 0.0615. The summed E-state index contributed by atoms with van der Waals surface area (Å²) < 4.78 is 13.0. The van der Waals surface area contributed by atoms with Crippen LogP contribution in [0.15, 0.2) is 81.1 Å². The number of Topliss-reactive ketones (excluding diaryl/α,β-unsaturated/α-hetero) is 1. The summed E-state index contributed by atoms with van der Waals surface area (Å²) in [5.41, 5.74) is 1.81. The molecule has 0 spiro atoms. The van der Waals surface area contributed by atoms with Crippen LogP contribution in [0.25, 0.3) is 5.76 Å². The summed E-state index contributed by atoms with van der Waals surface area (Å²) in [4.78, 5) is 28.5. The van der Waals surface area contributed by atoms with Gasteiger partial charge in [-0.25, -0.2) is 0 Å². The lowest BCUT2D eigenvalue weighted by molar-refractivity contribution is -0.132. The standard InChI is InChI=1S/C32H29BrClN3O5S2/c1-18(2)14-15-42-24-13-10-20(16-25(24)41-3)27-26(28(38)19-8-11-22(33)12-9-19)29(39)30(40)37(27)31-35-36-32(44-31)43-17-21-6-4-5-7-23(21)34/h4-13,16,18,27,38H,14-15,17H2,1-3H3/b28-26-. The number of halogens is 2. The predicted molar refractivity (Wildman–Crippen MR) is 178 cm³/mol. The maximum absolute atomic E-state index is 13.6. The number of carbonyl (C=O) groups excluding carboxylic acids is 2. The molecule has 3 aromatic carbocycles. The molecule has 2 heterocycles. The Labute approximate surface area is 277 Å². The zero-order valence-electron chi connectivity index (χ0n) is 24.1. The van der Waals surface area contributed by atoms with E-state index in [9.17, 15) is 14.7 Å². The highest BCUT2D eigenvalue weighted by molar-refractivity contribution is 9.10. The van der Waals surface area contributed by atoms with Crippen molar-refractivity contribution in [2.45, 2.75) is 36.4 Å². The van der Waals surface area contributed by atoms with Crippen LogP contribution in [0.2, 0.25) is 5.02 Å². The highest BCUT2D eigenvalue weighted by atomic mass is 79.9. The fourth-order valence-corrected chi connectivity index (χ4v) is 7.02. The van der Waals surface area contributed by atoms with Gasteiger partial charge in [0.1, 0.15) is 5.76 Å². The second kappa shape index (κ2) is 14.2. The molecular weight excluding hydrogens is 686 g/mol. The first kappa shape index (κ1) is 32.0. The quantitative estimate of drug-likeness (QED) is 0.0545. The number of methoxy groups -OCH3 is 1. The van der Waals surface area contributed by atoms with Crippen molar-refractivity contribution < 1.29 is 24.2 Å². The number of ketones is 1. The molecule has 44 heavy (non-hydrogen) atoms. The van der Waals surface area contributed by atoms with Crippen molar-refractivity contribution in [1.82, 2.24) is 10.2 Å². The van der Waals surface area contributed by atoms with E-state index in [4.69, 9.17) is 21.1 Å². The number of anilines is 1. The number of amides is 1. The molecule has 4 aromatic rings. The number of benzene rings is 3. The molecule has 0 bridgehead atoms.